The maximum absolute atomic E-state index is 12.5. The van der Waals surface area contributed by atoms with Crippen molar-refractivity contribution in [1.82, 2.24) is 4.98 Å². The number of hydrogen-bond acceptors (Lipinski definition) is 5. The number of amides is 2. The van der Waals surface area contributed by atoms with Crippen LogP contribution in [0, 0.1) is 6.92 Å². The number of rotatable bonds is 5. The molecular formula is C23H21N3O3S. The lowest BCUT2D eigenvalue weighted by molar-refractivity contribution is 0.262. The zero-order valence-corrected chi connectivity index (χ0v) is 17.7. The number of para-hydroxylation sites is 1. The van der Waals surface area contributed by atoms with E-state index in [2.05, 4.69) is 16.7 Å². The van der Waals surface area contributed by atoms with Crippen LogP contribution in [0.1, 0.15) is 5.56 Å². The van der Waals surface area contributed by atoms with Gasteiger partial charge in [0.05, 0.1) is 24.4 Å². The Morgan fingerprint density at radius 3 is 2.33 bits per heavy atom. The average molecular weight is 420 g/mol. The summed E-state index contributed by atoms with van der Waals surface area (Å²) < 4.78 is 11.6. The number of ether oxygens (including phenoxy) is 2. The molecule has 152 valence electrons. The zero-order valence-electron chi connectivity index (χ0n) is 16.9. The first kappa shape index (κ1) is 19.7. The number of aromatic nitrogens is 1. The number of methoxy groups -OCH3 is 2. The van der Waals surface area contributed by atoms with Gasteiger partial charge in [-0.2, -0.15) is 0 Å². The van der Waals surface area contributed by atoms with Crippen molar-refractivity contribution in [3.8, 4) is 22.1 Å². The summed E-state index contributed by atoms with van der Waals surface area (Å²) in [5.74, 6) is 1.20. The molecule has 0 aliphatic carbocycles. The topological polar surface area (TPSA) is 72.5 Å². The third-order valence-electron chi connectivity index (χ3n) is 4.62. The van der Waals surface area contributed by atoms with Gasteiger partial charge in [0.25, 0.3) is 0 Å². The molecule has 0 aliphatic heterocycles. The van der Waals surface area contributed by atoms with Crippen LogP contribution in [0.2, 0.25) is 0 Å². The molecule has 7 heteroatoms. The zero-order chi connectivity index (χ0) is 21.1. The first-order valence-corrected chi connectivity index (χ1v) is 10.1. The van der Waals surface area contributed by atoms with E-state index in [9.17, 15) is 4.79 Å². The lowest BCUT2D eigenvalue weighted by Crippen LogP contribution is -2.20. The van der Waals surface area contributed by atoms with Crippen molar-refractivity contribution in [3.63, 3.8) is 0 Å². The first-order valence-electron chi connectivity index (χ1n) is 9.33. The van der Waals surface area contributed by atoms with Crippen LogP contribution in [0.25, 0.3) is 20.8 Å². The molecule has 1 heterocycles. The van der Waals surface area contributed by atoms with Crippen molar-refractivity contribution < 1.29 is 14.3 Å². The molecule has 0 spiro atoms. The van der Waals surface area contributed by atoms with Gasteiger partial charge >= 0.3 is 6.03 Å². The number of benzene rings is 3. The normalized spacial score (nSPS) is 10.6. The summed E-state index contributed by atoms with van der Waals surface area (Å²) >= 11 is 1.65. The number of urea groups is 1. The number of nitrogens with one attached hydrogen (secondary N) is 2. The van der Waals surface area contributed by atoms with Crippen LogP contribution in [0.4, 0.5) is 16.2 Å². The molecule has 2 N–H and O–H groups in total. The second-order valence-corrected chi connectivity index (χ2v) is 7.73. The van der Waals surface area contributed by atoms with Gasteiger partial charge in [0.2, 0.25) is 0 Å². The second kappa shape index (κ2) is 8.42. The summed E-state index contributed by atoms with van der Waals surface area (Å²) in [6.45, 7) is 1.96. The van der Waals surface area contributed by atoms with E-state index in [1.165, 1.54) is 0 Å². The molecule has 4 rings (SSSR count). The number of hydrogen-bond donors (Lipinski definition) is 2. The number of aryl methyl sites for hydroxylation is 1. The summed E-state index contributed by atoms with van der Waals surface area (Å²) in [7, 11) is 3.13. The lowest BCUT2D eigenvalue weighted by Gasteiger charge is -2.12. The number of thiazole rings is 1. The van der Waals surface area contributed by atoms with Gasteiger partial charge in [-0.05, 0) is 42.8 Å². The number of fused-ring (bicyclic) bond motifs is 1. The number of nitrogens with zero attached hydrogens (tertiary/aromatic N) is 1. The van der Waals surface area contributed by atoms with E-state index in [1.807, 2.05) is 43.3 Å². The highest BCUT2D eigenvalue weighted by atomic mass is 32.1. The fourth-order valence-electron chi connectivity index (χ4n) is 3.10. The lowest BCUT2D eigenvalue weighted by atomic mass is 10.1. The Bertz CT molecular complexity index is 1160. The average Bonchev–Trinajstić information content (AvgIpc) is 3.19. The van der Waals surface area contributed by atoms with Gasteiger partial charge in [0, 0.05) is 35.1 Å². The Hall–Kier alpha value is -3.58. The maximum Gasteiger partial charge on any atom is 0.323 e. The molecule has 0 fully saturated rings. The fourth-order valence-corrected chi connectivity index (χ4v) is 4.06. The molecule has 0 atom stereocenters. The third-order valence-corrected chi connectivity index (χ3v) is 5.71. The van der Waals surface area contributed by atoms with E-state index in [1.54, 1.807) is 43.8 Å². The van der Waals surface area contributed by atoms with Gasteiger partial charge in [-0.25, -0.2) is 9.78 Å². The Morgan fingerprint density at radius 1 is 0.933 bits per heavy atom. The first-order chi connectivity index (χ1) is 14.6. The van der Waals surface area contributed by atoms with E-state index >= 15 is 0 Å². The van der Waals surface area contributed by atoms with Gasteiger partial charge in [-0.15, -0.1) is 11.3 Å². The summed E-state index contributed by atoms with van der Waals surface area (Å²) in [6.07, 6.45) is 0. The Kier molecular flexibility index (Phi) is 5.54. The molecule has 0 unspecified atom stereocenters. The number of carbonyl (C=O) groups is 1. The standard InChI is InChI=1S/C23H21N3O3S/c1-14-10-15(22-25-20-6-4-5-7-21(20)30-22)8-9-19(14)26-23(27)24-16-11-17(28-2)13-18(12-16)29-3/h4-13H,1-3H3,(H2,24,26,27). The van der Waals surface area contributed by atoms with Gasteiger partial charge in [0.1, 0.15) is 16.5 Å². The van der Waals surface area contributed by atoms with Crippen molar-refractivity contribution in [2.75, 3.05) is 24.9 Å². The molecule has 0 saturated heterocycles. The van der Waals surface area contributed by atoms with Gasteiger partial charge in [0.15, 0.2) is 0 Å². The minimum Gasteiger partial charge on any atom is -0.497 e. The highest BCUT2D eigenvalue weighted by molar-refractivity contribution is 7.21. The minimum atomic E-state index is -0.346. The largest absolute Gasteiger partial charge is 0.497 e. The number of carbonyl (C=O) groups excluding carboxylic acids is 1. The molecule has 4 aromatic rings. The quantitative estimate of drug-likeness (QED) is 0.420. The molecule has 6 nitrogen and oxygen atoms in total. The molecular weight excluding hydrogens is 398 g/mol. The third kappa shape index (κ3) is 4.21. The van der Waals surface area contributed by atoms with Gasteiger partial charge < -0.3 is 20.1 Å². The van der Waals surface area contributed by atoms with Crippen LogP contribution in [-0.4, -0.2) is 25.2 Å². The predicted octanol–water partition coefficient (Wildman–Crippen LogP) is 5.93. The van der Waals surface area contributed by atoms with Crippen LogP contribution in [0.5, 0.6) is 11.5 Å². The molecule has 0 bridgehead atoms. The van der Waals surface area contributed by atoms with Crippen LogP contribution in [0.3, 0.4) is 0 Å². The molecule has 0 saturated carbocycles. The van der Waals surface area contributed by atoms with Crippen molar-refractivity contribution in [2.45, 2.75) is 6.92 Å². The molecule has 3 aromatic carbocycles. The minimum absolute atomic E-state index is 0.346. The van der Waals surface area contributed by atoms with Gasteiger partial charge in [-0.1, -0.05) is 12.1 Å². The maximum atomic E-state index is 12.5. The van der Waals surface area contributed by atoms with Gasteiger partial charge in [-0.3, -0.25) is 0 Å². The fraction of sp³-hybridized carbons (Fsp3) is 0.130. The van der Waals surface area contributed by atoms with Crippen LogP contribution in [-0.2, 0) is 0 Å². The van der Waals surface area contributed by atoms with E-state index < -0.39 is 0 Å². The van der Waals surface area contributed by atoms with E-state index in [4.69, 9.17) is 14.5 Å². The SMILES string of the molecule is COc1cc(NC(=O)Nc2ccc(-c3nc4ccccc4s3)cc2C)cc(OC)c1. The van der Waals surface area contributed by atoms with E-state index in [0.29, 0.717) is 17.2 Å². The van der Waals surface area contributed by atoms with Crippen molar-refractivity contribution in [1.29, 1.82) is 0 Å². The van der Waals surface area contributed by atoms with E-state index in [0.717, 1.165) is 32.0 Å². The molecule has 30 heavy (non-hydrogen) atoms. The summed E-state index contributed by atoms with van der Waals surface area (Å²) in [5, 5.41) is 6.66. The van der Waals surface area contributed by atoms with Crippen molar-refractivity contribution in [2.24, 2.45) is 0 Å². The highest BCUT2D eigenvalue weighted by Gasteiger charge is 2.11. The number of anilines is 2. The van der Waals surface area contributed by atoms with Crippen molar-refractivity contribution in [3.05, 3.63) is 66.2 Å². The Labute approximate surface area is 178 Å². The predicted molar refractivity (Wildman–Crippen MR) is 122 cm³/mol. The summed E-state index contributed by atoms with van der Waals surface area (Å²) in [5.41, 5.74) is 4.27. The van der Waals surface area contributed by atoms with Crippen molar-refractivity contribution >= 4 is 39.0 Å². The van der Waals surface area contributed by atoms with Crippen LogP contribution in [0.15, 0.2) is 60.7 Å². The highest BCUT2D eigenvalue weighted by Crippen LogP contribution is 2.32. The molecule has 0 aliphatic rings. The molecule has 0 radical (unpaired) electrons. The summed E-state index contributed by atoms with van der Waals surface area (Å²) in [4.78, 5) is 17.2. The monoisotopic (exact) mass is 419 g/mol. The Morgan fingerprint density at radius 2 is 1.67 bits per heavy atom. The second-order valence-electron chi connectivity index (χ2n) is 6.70. The van der Waals surface area contributed by atoms with Crippen LogP contribution < -0.4 is 20.1 Å². The Balaban J connectivity index is 1.50. The smallest absolute Gasteiger partial charge is 0.323 e. The van der Waals surface area contributed by atoms with Crippen LogP contribution >= 0.6 is 11.3 Å². The molecule has 2 amide bonds. The molecule has 1 aromatic heterocycles. The van der Waals surface area contributed by atoms with E-state index in [-0.39, 0.29) is 6.03 Å². The summed E-state index contributed by atoms with van der Waals surface area (Å²) in [6, 6.07) is 18.8.